The molecule has 5 rings (SSSR count). The Bertz CT molecular complexity index is 855. The van der Waals surface area contributed by atoms with Crippen LogP contribution in [-0.2, 0) is 21.6 Å². The quantitative estimate of drug-likeness (QED) is 0.798. The number of thiophene rings is 1. The minimum Gasteiger partial charge on any atom is -0.370 e. The number of hydrogen-bond acceptors (Lipinski definition) is 4. The molecule has 6 heteroatoms. The van der Waals surface area contributed by atoms with Gasteiger partial charge in [0.15, 0.2) is 0 Å². The highest BCUT2D eigenvalue weighted by Gasteiger charge is 2.47. The van der Waals surface area contributed by atoms with Gasteiger partial charge in [-0.1, -0.05) is 30.3 Å². The number of fused-ring (bicyclic) bond motifs is 2. The molecule has 0 bridgehead atoms. The molecular weight excluding hydrogens is 392 g/mol. The number of hydrogen-bond donors (Lipinski definition) is 1. The van der Waals surface area contributed by atoms with E-state index < -0.39 is 5.54 Å². The summed E-state index contributed by atoms with van der Waals surface area (Å²) in [6, 6.07) is 12.9. The van der Waals surface area contributed by atoms with Gasteiger partial charge in [-0.05, 0) is 49.3 Å². The SMILES string of the molecule is Cl.NC1(C(=O)N2CCC3(CC2)OCCc2sc(-c4ccccc4)cc23)CCC1. The molecule has 1 amide bonds. The summed E-state index contributed by atoms with van der Waals surface area (Å²) in [4.78, 5) is 17.5. The van der Waals surface area contributed by atoms with Crippen LogP contribution >= 0.6 is 23.7 Å². The van der Waals surface area contributed by atoms with Gasteiger partial charge in [-0.2, -0.15) is 0 Å². The van der Waals surface area contributed by atoms with Gasteiger partial charge in [0.05, 0.1) is 17.7 Å². The molecule has 28 heavy (non-hydrogen) atoms. The van der Waals surface area contributed by atoms with Gasteiger partial charge in [0.25, 0.3) is 0 Å². The zero-order valence-electron chi connectivity index (χ0n) is 16.0. The number of rotatable bonds is 2. The van der Waals surface area contributed by atoms with Crippen molar-refractivity contribution in [1.82, 2.24) is 4.90 Å². The van der Waals surface area contributed by atoms with Crippen LogP contribution in [0.25, 0.3) is 10.4 Å². The lowest BCUT2D eigenvalue weighted by molar-refractivity contribution is -0.148. The highest BCUT2D eigenvalue weighted by Crippen LogP contribution is 2.47. The third-order valence-electron chi connectivity index (χ3n) is 6.60. The molecule has 1 saturated carbocycles. The summed E-state index contributed by atoms with van der Waals surface area (Å²) in [5, 5.41) is 0. The molecule has 2 N–H and O–H groups in total. The van der Waals surface area contributed by atoms with Crippen molar-refractivity contribution in [2.24, 2.45) is 5.73 Å². The highest BCUT2D eigenvalue weighted by molar-refractivity contribution is 7.15. The van der Waals surface area contributed by atoms with E-state index in [1.165, 1.54) is 20.9 Å². The van der Waals surface area contributed by atoms with E-state index in [0.29, 0.717) is 0 Å². The van der Waals surface area contributed by atoms with Crippen LogP contribution in [-0.4, -0.2) is 36.0 Å². The van der Waals surface area contributed by atoms with E-state index in [9.17, 15) is 4.79 Å². The van der Waals surface area contributed by atoms with Crippen LogP contribution in [0, 0.1) is 0 Å². The number of piperidine rings is 1. The molecule has 2 aliphatic heterocycles. The molecule has 4 nitrogen and oxygen atoms in total. The summed E-state index contributed by atoms with van der Waals surface area (Å²) >= 11 is 1.90. The molecule has 1 aromatic heterocycles. The first-order valence-corrected chi connectivity index (χ1v) is 10.8. The predicted molar refractivity (Wildman–Crippen MR) is 115 cm³/mol. The number of nitrogens with zero attached hydrogens (tertiary/aromatic N) is 1. The van der Waals surface area contributed by atoms with Crippen LogP contribution in [0.2, 0.25) is 0 Å². The first kappa shape index (κ1) is 19.9. The first-order chi connectivity index (χ1) is 13.1. The van der Waals surface area contributed by atoms with Crippen molar-refractivity contribution in [3.05, 3.63) is 46.8 Å². The zero-order chi connectivity index (χ0) is 18.5. The van der Waals surface area contributed by atoms with Crippen molar-refractivity contribution in [3.63, 3.8) is 0 Å². The van der Waals surface area contributed by atoms with Gasteiger partial charge in [-0.25, -0.2) is 0 Å². The van der Waals surface area contributed by atoms with E-state index in [2.05, 4.69) is 36.4 Å². The van der Waals surface area contributed by atoms with Gasteiger partial charge in [0.2, 0.25) is 5.91 Å². The first-order valence-electron chi connectivity index (χ1n) is 10.0. The van der Waals surface area contributed by atoms with Crippen LogP contribution in [0.3, 0.4) is 0 Å². The second kappa shape index (κ2) is 7.45. The van der Waals surface area contributed by atoms with Crippen LogP contribution in [0.15, 0.2) is 36.4 Å². The Hall–Kier alpha value is -1.40. The number of benzene rings is 1. The molecule has 0 unspecified atom stereocenters. The molecule has 1 aromatic carbocycles. The molecule has 1 spiro atoms. The van der Waals surface area contributed by atoms with E-state index in [4.69, 9.17) is 10.5 Å². The van der Waals surface area contributed by atoms with Gasteiger partial charge in [0.1, 0.15) is 0 Å². The fraction of sp³-hybridized carbons (Fsp3) is 0.500. The van der Waals surface area contributed by atoms with Crippen LogP contribution in [0.5, 0.6) is 0 Å². The maximum atomic E-state index is 12.8. The largest absolute Gasteiger partial charge is 0.370 e. The van der Waals surface area contributed by atoms with E-state index in [1.54, 1.807) is 0 Å². The van der Waals surface area contributed by atoms with Gasteiger partial charge < -0.3 is 15.4 Å². The topological polar surface area (TPSA) is 55.6 Å². The number of carbonyl (C=O) groups is 1. The summed E-state index contributed by atoms with van der Waals surface area (Å²) in [6.45, 7) is 2.26. The Morgan fingerprint density at radius 2 is 1.82 bits per heavy atom. The highest BCUT2D eigenvalue weighted by atomic mass is 35.5. The summed E-state index contributed by atoms with van der Waals surface area (Å²) in [6.07, 6.45) is 5.46. The number of ether oxygens (including phenoxy) is 1. The second-order valence-corrected chi connectivity index (χ2v) is 9.34. The summed E-state index contributed by atoms with van der Waals surface area (Å²) in [7, 11) is 0. The maximum Gasteiger partial charge on any atom is 0.242 e. The molecule has 0 atom stereocenters. The average Bonchev–Trinajstić information content (AvgIpc) is 3.13. The van der Waals surface area contributed by atoms with Crippen molar-refractivity contribution in [3.8, 4) is 10.4 Å². The van der Waals surface area contributed by atoms with Gasteiger partial charge in [0, 0.05) is 29.3 Å². The lowest BCUT2D eigenvalue weighted by Crippen LogP contribution is -2.61. The van der Waals surface area contributed by atoms with Crippen LogP contribution in [0.4, 0.5) is 0 Å². The molecule has 3 aliphatic rings. The van der Waals surface area contributed by atoms with Gasteiger partial charge >= 0.3 is 0 Å². The summed E-state index contributed by atoms with van der Waals surface area (Å²) < 4.78 is 6.37. The Labute approximate surface area is 176 Å². The zero-order valence-corrected chi connectivity index (χ0v) is 17.6. The van der Waals surface area contributed by atoms with Crippen molar-refractivity contribution in [2.75, 3.05) is 19.7 Å². The van der Waals surface area contributed by atoms with Crippen molar-refractivity contribution in [1.29, 1.82) is 0 Å². The Kier molecular flexibility index (Phi) is 5.29. The average molecular weight is 419 g/mol. The Morgan fingerprint density at radius 1 is 1.11 bits per heavy atom. The molecule has 1 aliphatic carbocycles. The smallest absolute Gasteiger partial charge is 0.242 e. The minimum absolute atomic E-state index is 0. The third kappa shape index (κ3) is 3.18. The molecule has 0 radical (unpaired) electrons. The lowest BCUT2D eigenvalue weighted by atomic mass is 9.75. The van der Waals surface area contributed by atoms with Gasteiger partial charge in [-0.3, -0.25) is 4.79 Å². The molecule has 150 valence electrons. The number of likely N-dealkylation sites (tertiary alicyclic amines) is 1. The molecule has 1 saturated heterocycles. The molecular formula is C22H27ClN2O2S. The van der Waals surface area contributed by atoms with E-state index in [-0.39, 0.29) is 23.9 Å². The molecule has 2 aromatic rings. The van der Waals surface area contributed by atoms with Crippen molar-refractivity contribution >= 4 is 29.7 Å². The van der Waals surface area contributed by atoms with Crippen LogP contribution in [0.1, 0.15) is 42.5 Å². The number of amides is 1. The minimum atomic E-state index is -0.591. The van der Waals surface area contributed by atoms with Crippen LogP contribution < -0.4 is 5.73 Å². The molecule has 2 fully saturated rings. The summed E-state index contributed by atoms with van der Waals surface area (Å²) in [5.74, 6) is 0.148. The standard InChI is InChI=1S/C22H26N2O2S.ClH/c23-21(8-4-9-21)20(25)24-12-10-22(11-13-24)17-15-19(16-5-2-1-3-6-16)27-18(17)7-14-26-22;/h1-3,5-6,15H,4,7-14,23H2;1H. The molecule has 3 heterocycles. The Morgan fingerprint density at radius 3 is 2.46 bits per heavy atom. The number of nitrogens with two attached hydrogens (primary N) is 1. The van der Waals surface area contributed by atoms with Crippen molar-refractivity contribution < 1.29 is 9.53 Å². The maximum absolute atomic E-state index is 12.8. The van der Waals surface area contributed by atoms with E-state index in [0.717, 1.165) is 58.2 Å². The second-order valence-electron chi connectivity index (χ2n) is 8.21. The van der Waals surface area contributed by atoms with Crippen molar-refractivity contribution in [2.45, 2.75) is 49.7 Å². The third-order valence-corrected chi connectivity index (χ3v) is 7.84. The lowest BCUT2D eigenvalue weighted by Gasteiger charge is -2.47. The number of carbonyl (C=O) groups excluding carboxylic acids is 1. The summed E-state index contributed by atoms with van der Waals surface area (Å²) in [5.41, 5.74) is 8.08. The van der Waals surface area contributed by atoms with E-state index >= 15 is 0 Å². The fourth-order valence-electron chi connectivity index (χ4n) is 4.73. The van der Waals surface area contributed by atoms with E-state index in [1.807, 2.05) is 16.2 Å². The predicted octanol–water partition coefficient (Wildman–Crippen LogP) is 4.11. The Balaban J connectivity index is 0.00000192. The monoisotopic (exact) mass is 418 g/mol. The number of halogens is 1. The fourth-order valence-corrected chi connectivity index (χ4v) is 5.97. The normalized spacial score (nSPS) is 22.1. The van der Waals surface area contributed by atoms with Gasteiger partial charge in [-0.15, -0.1) is 23.7 Å².